The molecule has 3 rings (SSSR count). The first-order valence-corrected chi connectivity index (χ1v) is 9.24. The van der Waals surface area contributed by atoms with Gasteiger partial charge in [0.2, 0.25) is 0 Å². The molecule has 0 aliphatic rings. The molecule has 0 fully saturated rings. The number of benzene rings is 3. The average Bonchev–Trinajstić information content (AvgIpc) is 2.77. The Bertz CT molecular complexity index is 1020. The lowest BCUT2D eigenvalue weighted by atomic mass is 10.2. The van der Waals surface area contributed by atoms with Crippen LogP contribution in [0.25, 0.3) is 0 Å². The number of carbonyl (C=O) groups is 3. The Morgan fingerprint density at radius 1 is 0.733 bits per heavy atom. The van der Waals surface area contributed by atoms with Gasteiger partial charge in [-0.05, 0) is 60.7 Å². The van der Waals surface area contributed by atoms with Crippen molar-refractivity contribution in [2.45, 2.75) is 0 Å². The van der Waals surface area contributed by atoms with E-state index < -0.39 is 24.4 Å². The number of amides is 2. The molecule has 0 heterocycles. The fourth-order valence-corrected chi connectivity index (χ4v) is 2.46. The van der Waals surface area contributed by atoms with Crippen molar-refractivity contribution < 1.29 is 23.9 Å². The van der Waals surface area contributed by atoms with Crippen LogP contribution in [0.1, 0.15) is 20.7 Å². The van der Waals surface area contributed by atoms with Crippen LogP contribution < -0.4 is 15.6 Å². The number of hydrazine groups is 1. The van der Waals surface area contributed by atoms with Crippen LogP contribution >= 0.6 is 11.6 Å². The van der Waals surface area contributed by atoms with E-state index >= 15 is 0 Å². The molecule has 7 nitrogen and oxygen atoms in total. The van der Waals surface area contributed by atoms with Crippen LogP contribution in [0.3, 0.4) is 0 Å². The number of hydrogen-bond donors (Lipinski definition) is 2. The molecule has 0 saturated heterocycles. The van der Waals surface area contributed by atoms with Gasteiger partial charge in [0.25, 0.3) is 11.8 Å². The second kappa shape index (κ2) is 10.1. The summed E-state index contributed by atoms with van der Waals surface area (Å²) in [5.74, 6) is -0.666. The van der Waals surface area contributed by atoms with Crippen LogP contribution in [-0.2, 0) is 9.53 Å². The van der Waals surface area contributed by atoms with E-state index in [4.69, 9.17) is 21.1 Å². The van der Waals surface area contributed by atoms with E-state index in [-0.39, 0.29) is 5.56 Å². The summed E-state index contributed by atoms with van der Waals surface area (Å²) in [5.41, 5.74) is 4.97. The molecule has 30 heavy (non-hydrogen) atoms. The Morgan fingerprint density at radius 3 is 2.00 bits per heavy atom. The van der Waals surface area contributed by atoms with Gasteiger partial charge < -0.3 is 9.47 Å². The number of para-hydroxylation sites is 1. The third kappa shape index (κ3) is 6.08. The first kappa shape index (κ1) is 20.9. The fourth-order valence-electron chi connectivity index (χ4n) is 2.33. The zero-order valence-electron chi connectivity index (χ0n) is 15.6. The summed E-state index contributed by atoms with van der Waals surface area (Å²) in [5, 5.41) is 0.488. The van der Waals surface area contributed by atoms with Gasteiger partial charge in [-0.2, -0.15) is 0 Å². The minimum absolute atomic E-state index is 0.258. The molecule has 0 aliphatic carbocycles. The van der Waals surface area contributed by atoms with E-state index in [9.17, 15) is 14.4 Å². The summed E-state index contributed by atoms with van der Waals surface area (Å²) in [4.78, 5) is 35.7. The molecule has 0 bridgehead atoms. The van der Waals surface area contributed by atoms with E-state index in [0.29, 0.717) is 22.1 Å². The number of carbonyl (C=O) groups excluding carboxylic acids is 3. The minimum atomic E-state index is -0.685. The molecule has 0 radical (unpaired) electrons. The third-order valence-electron chi connectivity index (χ3n) is 3.83. The smallest absolute Gasteiger partial charge is 0.338 e. The van der Waals surface area contributed by atoms with Gasteiger partial charge in [-0.3, -0.25) is 20.4 Å². The largest absolute Gasteiger partial charge is 0.457 e. The molecule has 0 saturated carbocycles. The number of nitrogens with one attached hydrogen (secondary N) is 2. The van der Waals surface area contributed by atoms with E-state index in [0.717, 1.165) is 0 Å². The fraction of sp³-hybridized carbons (Fsp3) is 0.0455. The van der Waals surface area contributed by atoms with Crippen LogP contribution in [0.5, 0.6) is 11.5 Å². The number of halogens is 1. The van der Waals surface area contributed by atoms with Gasteiger partial charge in [-0.1, -0.05) is 29.8 Å². The van der Waals surface area contributed by atoms with Crippen molar-refractivity contribution in [3.05, 3.63) is 95.0 Å². The Kier molecular flexibility index (Phi) is 7.02. The molecular formula is C22H17ClN2O5. The van der Waals surface area contributed by atoms with Crippen molar-refractivity contribution in [3.8, 4) is 11.5 Å². The third-order valence-corrected chi connectivity index (χ3v) is 4.08. The standard InChI is InChI=1S/C22H17ClN2O5/c23-17-10-6-15(7-11-17)21(27)25-24-20(26)14-29-22(28)16-8-12-19(13-9-16)30-18-4-2-1-3-5-18/h1-13H,14H2,(H,24,26)(H,25,27). The first-order chi connectivity index (χ1) is 14.5. The number of ether oxygens (including phenoxy) is 2. The van der Waals surface area contributed by atoms with Crippen LogP contribution in [0.2, 0.25) is 5.02 Å². The molecule has 3 aromatic carbocycles. The number of esters is 1. The van der Waals surface area contributed by atoms with Crippen LogP contribution in [0.4, 0.5) is 0 Å². The summed E-state index contributed by atoms with van der Waals surface area (Å²) in [7, 11) is 0. The van der Waals surface area contributed by atoms with Gasteiger partial charge in [0.1, 0.15) is 11.5 Å². The second-order valence-corrected chi connectivity index (χ2v) is 6.46. The molecule has 0 atom stereocenters. The van der Waals surface area contributed by atoms with E-state index in [1.165, 1.54) is 24.3 Å². The maximum Gasteiger partial charge on any atom is 0.338 e. The Morgan fingerprint density at radius 2 is 1.33 bits per heavy atom. The maximum absolute atomic E-state index is 12.1. The molecular weight excluding hydrogens is 408 g/mol. The Balaban J connectivity index is 1.43. The summed E-state index contributed by atoms with van der Waals surface area (Å²) in [6, 6.07) is 21.6. The molecule has 3 aromatic rings. The van der Waals surface area contributed by atoms with Gasteiger partial charge in [-0.15, -0.1) is 0 Å². The minimum Gasteiger partial charge on any atom is -0.457 e. The van der Waals surface area contributed by atoms with Crippen LogP contribution in [0, 0.1) is 0 Å². The lowest BCUT2D eigenvalue weighted by Crippen LogP contribution is -2.43. The van der Waals surface area contributed by atoms with Gasteiger partial charge in [0.05, 0.1) is 5.56 Å². The summed E-state index contributed by atoms with van der Waals surface area (Å²) in [6.45, 7) is -0.554. The van der Waals surface area contributed by atoms with Gasteiger partial charge >= 0.3 is 5.97 Å². The van der Waals surface area contributed by atoms with Crippen molar-refractivity contribution in [1.29, 1.82) is 0 Å². The normalized spacial score (nSPS) is 10.0. The second-order valence-electron chi connectivity index (χ2n) is 6.02. The summed E-state index contributed by atoms with van der Waals surface area (Å²) in [6.07, 6.45) is 0. The Hall–Kier alpha value is -3.84. The zero-order chi connectivity index (χ0) is 21.3. The van der Waals surface area contributed by atoms with Crippen molar-refractivity contribution in [2.24, 2.45) is 0 Å². The topological polar surface area (TPSA) is 93.7 Å². The molecule has 152 valence electrons. The predicted octanol–water partition coefficient (Wildman–Crippen LogP) is 3.75. The van der Waals surface area contributed by atoms with Crippen molar-refractivity contribution in [2.75, 3.05) is 6.61 Å². The summed E-state index contributed by atoms with van der Waals surface area (Å²) < 4.78 is 10.6. The molecule has 0 spiro atoms. The monoisotopic (exact) mass is 424 g/mol. The highest BCUT2D eigenvalue weighted by molar-refractivity contribution is 6.30. The predicted molar refractivity (Wildman–Crippen MR) is 110 cm³/mol. The quantitative estimate of drug-likeness (QED) is 0.464. The van der Waals surface area contributed by atoms with E-state index in [1.54, 1.807) is 24.3 Å². The highest BCUT2D eigenvalue weighted by atomic mass is 35.5. The highest BCUT2D eigenvalue weighted by Crippen LogP contribution is 2.21. The van der Waals surface area contributed by atoms with Crippen LogP contribution in [0.15, 0.2) is 78.9 Å². The first-order valence-electron chi connectivity index (χ1n) is 8.86. The summed E-state index contributed by atoms with van der Waals surface area (Å²) >= 11 is 5.75. The van der Waals surface area contributed by atoms with E-state index in [1.807, 2.05) is 30.3 Å². The maximum atomic E-state index is 12.1. The van der Waals surface area contributed by atoms with Gasteiger partial charge in [-0.25, -0.2) is 4.79 Å². The van der Waals surface area contributed by atoms with Crippen molar-refractivity contribution in [3.63, 3.8) is 0 Å². The number of hydrogen-bond acceptors (Lipinski definition) is 5. The molecule has 2 amide bonds. The van der Waals surface area contributed by atoms with Gasteiger partial charge in [0, 0.05) is 10.6 Å². The molecule has 2 N–H and O–H groups in total. The van der Waals surface area contributed by atoms with Gasteiger partial charge in [0.15, 0.2) is 6.61 Å². The molecule has 8 heteroatoms. The Labute approximate surface area is 177 Å². The lowest BCUT2D eigenvalue weighted by molar-refractivity contribution is -0.125. The zero-order valence-corrected chi connectivity index (χ0v) is 16.4. The lowest BCUT2D eigenvalue weighted by Gasteiger charge is -2.09. The van der Waals surface area contributed by atoms with E-state index in [2.05, 4.69) is 10.9 Å². The molecule has 0 unspecified atom stereocenters. The highest BCUT2D eigenvalue weighted by Gasteiger charge is 2.12. The van der Waals surface area contributed by atoms with Crippen molar-refractivity contribution >= 4 is 29.4 Å². The average molecular weight is 425 g/mol. The SMILES string of the molecule is O=C(COC(=O)c1ccc(Oc2ccccc2)cc1)NNC(=O)c1ccc(Cl)cc1. The van der Waals surface area contributed by atoms with Crippen molar-refractivity contribution in [1.82, 2.24) is 10.9 Å². The van der Waals surface area contributed by atoms with Crippen LogP contribution in [-0.4, -0.2) is 24.4 Å². The molecule has 0 aromatic heterocycles. The number of rotatable bonds is 6. The molecule has 0 aliphatic heterocycles.